The smallest absolute Gasteiger partial charge is 0.238 e. The Morgan fingerprint density at radius 1 is 1.24 bits per heavy atom. The van der Waals surface area contributed by atoms with Gasteiger partial charge in [-0.3, -0.25) is 0 Å². The molecule has 2 N–H and O–H groups in total. The Kier molecular flexibility index (Phi) is 4.65. The summed E-state index contributed by atoms with van der Waals surface area (Å²) in [5, 5.41) is 5.06. The van der Waals surface area contributed by atoms with Crippen LogP contribution in [0.4, 0.5) is 4.39 Å². The van der Waals surface area contributed by atoms with E-state index in [9.17, 15) is 12.8 Å². The molecule has 0 atom stereocenters. The first-order valence-corrected chi connectivity index (χ1v) is 8.31. The highest BCUT2D eigenvalue weighted by Crippen LogP contribution is 2.23. The first kappa shape index (κ1) is 15.9. The molecule has 0 aromatic heterocycles. The average molecular weight is 374 g/mol. The Labute approximate surface area is 130 Å². The number of nitrogens with two attached hydrogens (primary N) is 1. The van der Waals surface area contributed by atoms with E-state index < -0.39 is 10.0 Å². The van der Waals surface area contributed by atoms with Gasteiger partial charge in [0.25, 0.3) is 0 Å². The zero-order valence-corrected chi connectivity index (χ0v) is 13.5. The fraction of sp³-hybridized carbons (Fsp3) is 0.143. The van der Waals surface area contributed by atoms with Gasteiger partial charge in [0.15, 0.2) is 0 Å². The molecule has 112 valence electrons. The molecule has 0 aliphatic rings. The number of benzene rings is 2. The Morgan fingerprint density at radius 2 is 1.95 bits per heavy atom. The highest BCUT2D eigenvalue weighted by Gasteiger charge is 2.10. The van der Waals surface area contributed by atoms with Crippen LogP contribution in [-0.4, -0.2) is 8.42 Å². The second-order valence-corrected chi connectivity index (χ2v) is 6.93. The van der Waals surface area contributed by atoms with E-state index in [4.69, 9.17) is 9.88 Å². The molecule has 2 rings (SSSR count). The molecule has 0 saturated carbocycles. The van der Waals surface area contributed by atoms with Crippen molar-refractivity contribution in [1.82, 2.24) is 0 Å². The summed E-state index contributed by atoms with van der Waals surface area (Å²) in [6.07, 6.45) is 0. The van der Waals surface area contributed by atoms with E-state index in [2.05, 4.69) is 15.9 Å². The highest BCUT2D eigenvalue weighted by molar-refractivity contribution is 9.10. The van der Waals surface area contributed by atoms with Gasteiger partial charge in [0.05, 0.1) is 9.37 Å². The molecule has 2 aromatic carbocycles. The van der Waals surface area contributed by atoms with Gasteiger partial charge in [-0.2, -0.15) is 0 Å². The minimum atomic E-state index is -3.72. The van der Waals surface area contributed by atoms with Gasteiger partial charge in [-0.15, -0.1) is 0 Å². The third-order valence-electron chi connectivity index (χ3n) is 2.85. The zero-order chi connectivity index (χ0) is 15.6. The SMILES string of the molecule is Cc1cc(S(N)(=O)=O)ccc1OCc1ccc(F)c(Br)c1. The average Bonchev–Trinajstić information content (AvgIpc) is 2.40. The lowest BCUT2D eigenvalue weighted by Crippen LogP contribution is -2.12. The summed E-state index contributed by atoms with van der Waals surface area (Å²) in [6, 6.07) is 8.98. The van der Waals surface area contributed by atoms with Gasteiger partial charge in [-0.25, -0.2) is 17.9 Å². The maximum Gasteiger partial charge on any atom is 0.238 e. The number of primary sulfonamides is 1. The van der Waals surface area contributed by atoms with Gasteiger partial charge in [-0.05, 0) is 64.3 Å². The van der Waals surface area contributed by atoms with Crippen molar-refractivity contribution in [2.45, 2.75) is 18.4 Å². The molecule has 0 saturated heterocycles. The van der Waals surface area contributed by atoms with Gasteiger partial charge < -0.3 is 4.74 Å². The molecule has 0 fully saturated rings. The van der Waals surface area contributed by atoms with Gasteiger partial charge in [0.1, 0.15) is 18.2 Å². The Balaban J connectivity index is 2.15. The van der Waals surface area contributed by atoms with Crippen molar-refractivity contribution in [3.8, 4) is 5.75 Å². The van der Waals surface area contributed by atoms with Gasteiger partial charge in [0.2, 0.25) is 10.0 Å². The Hall–Kier alpha value is -1.44. The van der Waals surface area contributed by atoms with Crippen molar-refractivity contribution in [3.05, 3.63) is 57.8 Å². The van der Waals surface area contributed by atoms with E-state index in [1.54, 1.807) is 25.1 Å². The number of hydrogen-bond donors (Lipinski definition) is 1. The lowest BCUT2D eigenvalue weighted by atomic mass is 10.2. The molecule has 0 radical (unpaired) electrons. The fourth-order valence-electron chi connectivity index (χ4n) is 1.75. The molecule has 0 heterocycles. The molecule has 0 aliphatic heterocycles. The van der Waals surface area contributed by atoms with Crippen LogP contribution >= 0.6 is 15.9 Å². The van der Waals surface area contributed by atoms with E-state index in [1.165, 1.54) is 18.2 Å². The Bertz CT molecular complexity index is 778. The lowest BCUT2D eigenvalue weighted by molar-refractivity contribution is 0.303. The summed E-state index contributed by atoms with van der Waals surface area (Å²) in [7, 11) is -3.72. The monoisotopic (exact) mass is 373 g/mol. The molecule has 0 bridgehead atoms. The molecule has 0 spiro atoms. The van der Waals surface area contributed by atoms with Crippen LogP contribution in [0.1, 0.15) is 11.1 Å². The van der Waals surface area contributed by atoms with Crippen molar-refractivity contribution >= 4 is 26.0 Å². The first-order chi connectivity index (χ1) is 9.77. The van der Waals surface area contributed by atoms with Gasteiger partial charge in [0, 0.05) is 0 Å². The first-order valence-electron chi connectivity index (χ1n) is 5.97. The summed E-state index contributed by atoms with van der Waals surface area (Å²) in [6.45, 7) is 1.97. The van der Waals surface area contributed by atoms with Crippen molar-refractivity contribution in [1.29, 1.82) is 0 Å². The minimum Gasteiger partial charge on any atom is -0.489 e. The third kappa shape index (κ3) is 4.03. The van der Waals surface area contributed by atoms with Crippen molar-refractivity contribution in [3.63, 3.8) is 0 Å². The lowest BCUT2D eigenvalue weighted by Gasteiger charge is -2.10. The molecule has 7 heteroatoms. The molecular formula is C14H13BrFNO3S. The number of halogens is 2. The number of sulfonamides is 1. The van der Waals surface area contributed by atoms with Crippen LogP contribution in [0.5, 0.6) is 5.75 Å². The maximum absolute atomic E-state index is 13.1. The van der Waals surface area contributed by atoms with E-state index in [1.807, 2.05) is 0 Å². The number of aryl methyl sites for hydroxylation is 1. The fourth-order valence-corrected chi connectivity index (χ4v) is 2.78. The predicted molar refractivity (Wildman–Crippen MR) is 81.0 cm³/mol. The largest absolute Gasteiger partial charge is 0.489 e. The maximum atomic E-state index is 13.1. The van der Waals surface area contributed by atoms with E-state index >= 15 is 0 Å². The highest BCUT2D eigenvalue weighted by atomic mass is 79.9. The van der Waals surface area contributed by atoms with E-state index in [0.29, 0.717) is 15.8 Å². The van der Waals surface area contributed by atoms with Crippen molar-refractivity contribution < 1.29 is 17.5 Å². The quantitative estimate of drug-likeness (QED) is 0.894. The summed E-state index contributed by atoms with van der Waals surface area (Å²) in [5.41, 5.74) is 1.45. The summed E-state index contributed by atoms with van der Waals surface area (Å²) < 4.78 is 41.6. The molecule has 4 nitrogen and oxygen atoms in total. The van der Waals surface area contributed by atoms with Gasteiger partial charge in [-0.1, -0.05) is 6.07 Å². The standard InChI is InChI=1S/C14H13BrFNO3S/c1-9-6-11(21(17,18)19)3-5-14(9)20-8-10-2-4-13(16)12(15)7-10/h2-7H,8H2,1H3,(H2,17,18,19). The predicted octanol–water partition coefficient (Wildman–Crippen LogP) is 3.12. The van der Waals surface area contributed by atoms with Crippen LogP contribution < -0.4 is 9.88 Å². The summed E-state index contributed by atoms with van der Waals surface area (Å²) >= 11 is 3.11. The second kappa shape index (κ2) is 6.13. The van der Waals surface area contributed by atoms with Crippen LogP contribution in [0.2, 0.25) is 0 Å². The third-order valence-corrected chi connectivity index (χ3v) is 4.37. The second-order valence-electron chi connectivity index (χ2n) is 4.51. The van der Waals surface area contributed by atoms with Crippen LogP contribution in [0, 0.1) is 12.7 Å². The van der Waals surface area contributed by atoms with E-state index in [0.717, 1.165) is 5.56 Å². The number of rotatable bonds is 4. The molecule has 2 aromatic rings. The van der Waals surface area contributed by atoms with E-state index in [-0.39, 0.29) is 17.3 Å². The molecule has 0 aliphatic carbocycles. The zero-order valence-electron chi connectivity index (χ0n) is 11.1. The number of hydrogen-bond acceptors (Lipinski definition) is 3. The normalized spacial score (nSPS) is 11.4. The number of ether oxygens (including phenoxy) is 1. The van der Waals surface area contributed by atoms with Crippen LogP contribution in [0.15, 0.2) is 45.8 Å². The van der Waals surface area contributed by atoms with Crippen molar-refractivity contribution in [2.24, 2.45) is 5.14 Å². The Morgan fingerprint density at radius 3 is 2.52 bits per heavy atom. The van der Waals surface area contributed by atoms with Crippen molar-refractivity contribution in [2.75, 3.05) is 0 Å². The van der Waals surface area contributed by atoms with Crippen LogP contribution in [-0.2, 0) is 16.6 Å². The van der Waals surface area contributed by atoms with Crippen LogP contribution in [0.3, 0.4) is 0 Å². The minimum absolute atomic E-state index is 0.0388. The van der Waals surface area contributed by atoms with Crippen LogP contribution in [0.25, 0.3) is 0 Å². The topological polar surface area (TPSA) is 69.4 Å². The summed E-state index contributed by atoms with van der Waals surface area (Å²) in [4.78, 5) is 0.0388. The molecule has 21 heavy (non-hydrogen) atoms. The molecule has 0 unspecified atom stereocenters. The van der Waals surface area contributed by atoms with Gasteiger partial charge >= 0.3 is 0 Å². The molecule has 0 amide bonds. The molecular weight excluding hydrogens is 361 g/mol. The summed E-state index contributed by atoms with van der Waals surface area (Å²) in [5.74, 6) is 0.204.